The molecular formula is C32H31Cl2F2N3O4. The lowest BCUT2D eigenvalue weighted by Crippen LogP contribution is -2.45. The van der Waals surface area contributed by atoms with Crippen LogP contribution in [0.3, 0.4) is 0 Å². The summed E-state index contributed by atoms with van der Waals surface area (Å²) in [4.78, 5) is 26.8. The maximum absolute atomic E-state index is 15.9. The fourth-order valence-electron chi connectivity index (χ4n) is 5.87. The smallest absolute Gasteiger partial charge is 0.340 e. The number of anilines is 1. The molecule has 43 heavy (non-hydrogen) atoms. The summed E-state index contributed by atoms with van der Waals surface area (Å²) in [6.45, 7) is 5.82. The number of hydrogen-bond donors (Lipinski definition) is 2. The third-order valence-corrected chi connectivity index (χ3v) is 8.16. The van der Waals surface area contributed by atoms with Crippen LogP contribution in [0.5, 0.6) is 5.75 Å². The molecule has 7 nitrogen and oxygen atoms in total. The van der Waals surface area contributed by atoms with Gasteiger partial charge in [0.2, 0.25) is 5.91 Å². The molecule has 3 aromatic rings. The first kappa shape index (κ1) is 32.2. The van der Waals surface area contributed by atoms with E-state index in [1.54, 1.807) is 12.1 Å². The van der Waals surface area contributed by atoms with E-state index < -0.39 is 52.3 Å². The SMILES string of the molecule is COC(=O)c1cccc(OC)c1NC(=O)[C@@H]1N[C@@H](CC(C)(C)C)[C@](C#N)(c2ccc(Cl)cc2F)[C@H]1c1cccc(Cl)c1F. The molecule has 3 aromatic carbocycles. The topological polar surface area (TPSA) is 100 Å². The summed E-state index contributed by atoms with van der Waals surface area (Å²) < 4.78 is 42.0. The second kappa shape index (κ2) is 12.5. The number of para-hydroxylation sites is 1. The molecule has 1 fully saturated rings. The first-order valence-corrected chi connectivity index (χ1v) is 14.2. The van der Waals surface area contributed by atoms with E-state index in [0.717, 1.165) is 6.07 Å². The minimum absolute atomic E-state index is 0.0141. The molecule has 11 heteroatoms. The van der Waals surface area contributed by atoms with Gasteiger partial charge in [0.05, 0.1) is 42.6 Å². The zero-order valence-corrected chi connectivity index (χ0v) is 25.7. The molecule has 0 unspecified atom stereocenters. The highest BCUT2D eigenvalue weighted by atomic mass is 35.5. The first-order valence-electron chi connectivity index (χ1n) is 13.4. The Morgan fingerprint density at radius 2 is 1.79 bits per heavy atom. The molecule has 1 saturated heterocycles. The van der Waals surface area contributed by atoms with Crippen molar-refractivity contribution in [1.29, 1.82) is 5.26 Å². The van der Waals surface area contributed by atoms with Gasteiger partial charge >= 0.3 is 5.97 Å². The van der Waals surface area contributed by atoms with Crippen molar-refractivity contribution in [2.75, 3.05) is 19.5 Å². The number of carbonyl (C=O) groups excluding carboxylic acids is 2. The van der Waals surface area contributed by atoms with Crippen molar-refractivity contribution >= 4 is 40.8 Å². The number of halogens is 4. The molecule has 0 saturated carbocycles. The number of esters is 1. The predicted octanol–water partition coefficient (Wildman–Crippen LogP) is 7.03. The second-order valence-corrected chi connectivity index (χ2v) is 12.4. The van der Waals surface area contributed by atoms with Gasteiger partial charge in [0, 0.05) is 22.5 Å². The van der Waals surface area contributed by atoms with Crippen LogP contribution >= 0.6 is 23.2 Å². The molecule has 0 aliphatic carbocycles. The number of nitrogens with one attached hydrogen (secondary N) is 2. The van der Waals surface area contributed by atoms with Gasteiger partial charge < -0.3 is 20.1 Å². The highest BCUT2D eigenvalue weighted by Crippen LogP contribution is 2.53. The largest absolute Gasteiger partial charge is 0.495 e. The van der Waals surface area contributed by atoms with Gasteiger partial charge in [0.15, 0.2) is 0 Å². The normalized spacial score (nSPS) is 21.6. The lowest BCUT2D eigenvalue weighted by atomic mass is 9.62. The van der Waals surface area contributed by atoms with Crippen LogP contribution < -0.4 is 15.4 Å². The summed E-state index contributed by atoms with van der Waals surface area (Å²) in [6.07, 6.45) is 0.299. The van der Waals surface area contributed by atoms with Crippen LogP contribution in [0.4, 0.5) is 14.5 Å². The van der Waals surface area contributed by atoms with Gasteiger partial charge in [-0.05, 0) is 47.7 Å². The average molecular weight is 631 g/mol. The highest BCUT2D eigenvalue weighted by Gasteiger charge is 2.61. The summed E-state index contributed by atoms with van der Waals surface area (Å²) in [5.74, 6) is -4.18. The summed E-state index contributed by atoms with van der Waals surface area (Å²) in [5, 5.41) is 16.8. The zero-order chi connectivity index (χ0) is 31.7. The number of methoxy groups -OCH3 is 2. The number of rotatable bonds is 7. The van der Waals surface area contributed by atoms with Gasteiger partial charge in [-0.25, -0.2) is 13.6 Å². The Kier molecular flexibility index (Phi) is 9.36. The molecule has 0 bridgehead atoms. The van der Waals surface area contributed by atoms with E-state index >= 15 is 8.78 Å². The van der Waals surface area contributed by atoms with Crippen molar-refractivity contribution in [2.24, 2.45) is 5.41 Å². The molecule has 1 amide bonds. The van der Waals surface area contributed by atoms with Crippen LogP contribution in [0.15, 0.2) is 54.6 Å². The van der Waals surface area contributed by atoms with Crippen molar-refractivity contribution in [3.8, 4) is 11.8 Å². The summed E-state index contributed by atoms with van der Waals surface area (Å²) >= 11 is 12.3. The molecule has 0 aromatic heterocycles. The van der Waals surface area contributed by atoms with E-state index in [1.807, 2.05) is 20.8 Å². The van der Waals surface area contributed by atoms with Crippen LogP contribution in [0.2, 0.25) is 10.0 Å². The number of amides is 1. The Bertz CT molecular complexity index is 1600. The number of nitrogens with zero attached hydrogens (tertiary/aromatic N) is 1. The van der Waals surface area contributed by atoms with Crippen molar-refractivity contribution < 1.29 is 27.8 Å². The minimum atomic E-state index is -1.80. The predicted molar refractivity (Wildman–Crippen MR) is 161 cm³/mol. The molecular weight excluding hydrogens is 599 g/mol. The monoisotopic (exact) mass is 629 g/mol. The molecule has 1 aliphatic rings. The van der Waals surface area contributed by atoms with Crippen LogP contribution in [0, 0.1) is 28.4 Å². The highest BCUT2D eigenvalue weighted by molar-refractivity contribution is 6.31. The third kappa shape index (κ3) is 6.05. The number of benzene rings is 3. The number of ether oxygens (including phenoxy) is 2. The Balaban J connectivity index is 1.99. The molecule has 2 N–H and O–H groups in total. The van der Waals surface area contributed by atoms with Gasteiger partial charge in [-0.3, -0.25) is 4.79 Å². The molecule has 1 aliphatic heterocycles. The average Bonchev–Trinajstić information content (AvgIpc) is 3.27. The Labute approximate surface area is 259 Å². The summed E-state index contributed by atoms with van der Waals surface area (Å²) in [6, 6.07) is 12.9. The second-order valence-electron chi connectivity index (χ2n) is 11.6. The standard InChI is InChI=1S/C32H31Cl2F2N3O4/c1-31(2,3)15-24-32(16-37,20-13-12-17(33)14-22(20)35)25(18-8-6-10-21(34)26(18)36)28(38-24)29(40)39-27-19(30(41)43-5)9-7-11-23(27)42-4/h6-14,24-25,28,38H,15H2,1-5H3,(H,39,40)/t24-,25-,28+,32-/m0/s1. The number of carbonyl (C=O) groups is 2. The van der Waals surface area contributed by atoms with Crippen molar-refractivity contribution in [1.82, 2.24) is 5.32 Å². The molecule has 226 valence electrons. The van der Waals surface area contributed by atoms with Crippen molar-refractivity contribution in [2.45, 2.75) is 50.6 Å². The summed E-state index contributed by atoms with van der Waals surface area (Å²) in [5.41, 5.74) is -2.28. The van der Waals surface area contributed by atoms with Gasteiger partial charge in [0.1, 0.15) is 22.8 Å². The fourth-order valence-corrected chi connectivity index (χ4v) is 6.21. The van der Waals surface area contributed by atoms with E-state index in [4.69, 9.17) is 32.7 Å². The van der Waals surface area contributed by atoms with Crippen molar-refractivity contribution in [3.05, 3.63) is 93.0 Å². The summed E-state index contributed by atoms with van der Waals surface area (Å²) in [7, 11) is 2.57. The quantitative estimate of drug-likeness (QED) is 0.272. The van der Waals surface area contributed by atoms with Crippen LogP contribution in [-0.4, -0.2) is 38.2 Å². The zero-order valence-electron chi connectivity index (χ0n) is 24.2. The molecule has 1 heterocycles. The Morgan fingerprint density at radius 3 is 2.40 bits per heavy atom. The Morgan fingerprint density at radius 1 is 1.09 bits per heavy atom. The van der Waals surface area contributed by atoms with Gasteiger partial charge in [-0.2, -0.15) is 5.26 Å². The fraction of sp³-hybridized carbons (Fsp3) is 0.344. The number of nitriles is 1. The van der Waals surface area contributed by atoms with Gasteiger partial charge in [-0.15, -0.1) is 0 Å². The van der Waals surface area contributed by atoms with E-state index in [-0.39, 0.29) is 38.2 Å². The maximum Gasteiger partial charge on any atom is 0.340 e. The van der Waals surface area contributed by atoms with E-state index in [9.17, 15) is 14.9 Å². The van der Waals surface area contributed by atoms with Crippen LogP contribution in [0.25, 0.3) is 0 Å². The van der Waals surface area contributed by atoms with E-state index in [2.05, 4.69) is 16.7 Å². The molecule has 0 spiro atoms. The van der Waals surface area contributed by atoms with Gasteiger partial charge in [0.25, 0.3) is 0 Å². The van der Waals surface area contributed by atoms with Crippen LogP contribution in [-0.2, 0) is 14.9 Å². The maximum atomic E-state index is 15.9. The lowest BCUT2D eigenvalue weighted by molar-refractivity contribution is -0.118. The third-order valence-electron chi connectivity index (χ3n) is 7.63. The van der Waals surface area contributed by atoms with E-state index in [0.29, 0.717) is 6.42 Å². The first-order chi connectivity index (χ1) is 20.3. The molecule has 0 radical (unpaired) electrons. The lowest BCUT2D eigenvalue weighted by Gasteiger charge is -2.37. The number of hydrogen-bond acceptors (Lipinski definition) is 6. The van der Waals surface area contributed by atoms with Gasteiger partial charge in [-0.1, -0.05) is 68.2 Å². The van der Waals surface area contributed by atoms with E-state index in [1.165, 1.54) is 50.6 Å². The Hall–Kier alpha value is -3.71. The van der Waals surface area contributed by atoms with Crippen LogP contribution in [0.1, 0.15) is 54.6 Å². The minimum Gasteiger partial charge on any atom is -0.495 e. The van der Waals surface area contributed by atoms with Crippen molar-refractivity contribution in [3.63, 3.8) is 0 Å². The molecule has 4 atom stereocenters. The molecule has 4 rings (SSSR count).